The molecule has 124 valence electrons. The second-order valence-electron chi connectivity index (χ2n) is 6.11. The number of carbonyl (C=O) groups is 1. The normalized spacial score (nSPS) is 15.3. The van der Waals surface area contributed by atoms with Gasteiger partial charge in [0.2, 0.25) is 0 Å². The van der Waals surface area contributed by atoms with Gasteiger partial charge < -0.3 is 4.74 Å². The van der Waals surface area contributed by atoms with Crippen molar-refractivity contribution in [2.24, 2.45) is 0 Å². The number of hydrogen-bond acceptors (Lipinski definition) is 4. The van der Waals surface area contributed by atoms with Gasteiger partial charge in [-0.15, -0.1) is 0 Å². The van der Waals surface area contributed by atoms with Crippen LogP contribution in [0.25, 0.3) is 11.3 Å². The number of aryl methyl sites for hydroxylation is 1. The van der Waals surface area contributed by atoms with Crippen LogP contribution in [-0.2, 0) is 16.1 Å². The molecule has 2 aromatic heterocycles. The third-order valence-electron chi connectivity index (χ3n) is 4.56. The monoisotopic (exact) mass is 316 g/mol. The van der Waals surface area contributed by atoms with Gasteiger partial charge in [-0.3, -0.25) is 14.2 Å². The second-order valence-corrected chi connectivity index (χ2v) is 6.11. The van der Waals surface area contributed by atoms with Crippen LogP contribution in [-0.4, -0.2) is 32.1 Å². The number of rotatable bonds is 5. The molecule has 0 N–H and O–H groups in total. The summed E-state index contributed by atoms with van der Waals surface area (Å²) in [6.45, 7) is 6.33. The fraction of sp³-hybridized carbons (Fsp3) is 0.588. The van der Waals surface area contributed by atoms with Gasteiger partial charge in [0.1, 0.15) is 6.54 Å². The van der Waals surface area contributed by atoms with Gasteiger partial charge in [-0.1, -0.05) is 12.8 Å². The molecule has 3 rings (SSSR count). The Morgan fingerprint density at radius 2 is 2.09 bits per heavy atom. The van der Waals surface area contributed by atoms with Crippen molar-refractivity contribution in [3.05, 3.63) is 23.7 Å². The largest absolute Gasteiger partial charge is 0.465 e. The summed E-state index contributed by atoms with van der Waals surface area (Å²) in [6.07, 6.45) is 6.76. The minimum absolute atomic E-state index is 0.151. The molecule has 1 saturated carbocycles. The summed E-state index contributed by atoms with van der Waals surface area (Å²) >= 11 is 0. The SMILES string of the molecule is CCOC(=O)Cn1nc(C)c(-c2ccnn2C2CCCC2)c1C. The minimum atomic E-state index is -0.256. The molecule has 1 aliphatic carbocycles. The van der Waals surface area contributed by atoms with Crippen molar-refractivity contribution < 1.29 is 9.53 Å². The summed E-state index contributed by atoms with van der Waals surface area (Å²) in [4.78, 5) is 11.7. The molecule has 0 bridgehead atoms. The molecule has 1 fully saturated rings. The van der Waals surface area contributed by atoms with Crippen molar-refractivity contribution >= 4 is 5.97 Å². The molecule has 0 aliphatic heterocycles. The molecule has 0 radical (unpaired) electrons. The Balaban J connectivity index is 1.93. The molecule has 0 saturated heterocycles. The maximum Gasteiger partial charge on any atom is 0.327 e. The highest BCUT2D eigenvalue weighted by atomic mass is 16.5. The average molecular weight is 316 g/mol. The van der Waals surface area contributed by atoms with Crippen molar-refractivity contribution in [2.45, 2.75) is 59.0 Å². The average Bonchev–Trinajstić information content (AvgIpc) is 3.21. The molecule has 6 heteroatoms. The summed E-state index contributed by atoms with van der Waals surface area (Å²) in [7, 11) is 0. The summed E-state index contributed by atoms with van der Waals surface area (Å²) < 4.78 is 8.90. The molecule has 0 aromatic carbocycles. The molecule has 23 heavy (non-hydrogen) atoms. The lowest BCUT2D eigenvalue weighted by atomic mass is 10.1. The van der Waals surface area contributed by atoms with Crippen LogP contribution in [0.2, 0.25) is 0 Å². The summed E-state index contributed by atoms with van der Waals surface area (Å²) in [6, 6.07) is 2.52. The lowest BCUT2D eigenvalue weighted by molar-refractivity contribution is -0.144. The fourth-order valence-corrected chi connectivity index (χ4v) is 3.50. The number of aromatic nitrogens is 4. The first kappa shape index (κ1) is 15.8. The molecule has 2 heterocycles. The van der Waals surface area contributed by atoms with Crippen LogP contribution in [0.15, 0.2) is 12.3 Å². The highest BCUT2D eigenvalue weighted by Crippen LogP contribution is 2.35. The maximum absolute atomic E-state index is 11.7. The van der Waals surface area contributed by atoms with Crippen LogP contribution in [0, 0.1) is 13.8 Å². The van der Waals surface area contributed by atoms with Gasteiger partial charge in [0.15, 0.2) is 0 Å². The highest BCUT2D eigenvalue weighted by Gasteiger charge is 2.24. The third kappa shape index (κ3) is 3.02. The van der Waals surface area contributed by atoms with E-state index >= 15 is 0 Å². The topological polar surface area (TPSA) is 61.9 Å². The van der Waals surface area contributed by atoms with Gasteiger partial charge in [0.25, 0.3) is 0 Å². The number of carbonyl (C=O) groups excluding carboxylic acids is 1. The lowest BCUT2D eigenvalue weighted by Crippen LogP contribution is -2.15. The van der Waals surface area contributed by atoms with Gasteiger partial charge in [-0.05, 0) is 39.7 Å². The van der Waals surface area contributed by atoms with Crippen LogP contribution in [0.5, 0.6) is 0 Å². The molecule has 1 aliphatic rings. The Morgan fingerprint density at radius 3 is 2.78 bits per heavy atom. The number of hydrogen-bond donors (Lipinski definition) is 0. The first-order valence-electron chi connectivity index (χ1n) is 8.35. The van der Waals surface area contributed by atoms with E-state index in [4.69, 9.17) is 4.74 Å². The molecular formula is C17H24N4O2. The lowest BCUT2D eigenvalue weighted by Gasteiger charge is -2.14. The van der Waals surface area contributed by atoms with Crippen molar-refractivity contribution in [1.29, 1.82) is 0 Å². The van der Waals surface area contributed by atoms with Crippen LogP contribution in [0.1, 0.15) is 50.0 Å². The Hall–Kier alpha value is -2.11. The van der Waals surface area contributed by atoms with Crippen LogP contribution in [0.4, 0.5) is 0 Å². The Bertz CT molecular complexity index is 696. The van der Waals surface area contributed by atoms with Gasteiger partial charge in [-0.2, -0.15) is 10.2 Å². The van der Waals surface area contributed by atoms with E-state index in [0.29, 0.717) is 12.6 Å². The molecule has 6 nitrogen and oxygen atoms in total. The van der Waals surface area contributed by atoms with E-state index in [1.54, 1.807) is 4.68 Å². The quantitative estimate of drug-likeness (QED) is 0.795. The van der Waals surface area contributed by atoms with Crippen LogP contribution < -0.4 is 0 Å². The molecular weight excluding hydrogens is 292 g/mol. The summed E-state index contributed by atoms with van der Waals surface area (Å²) in [5.41, 5.74) is 4.09. The van der Waals surface area contributed by atoms with E-state index in [-0.39, 0.29) is 12.5 Å². The zero-order chi connectivity index (χ0) is 16.4. The van der Waals surface area contributed by atoms with Crippen LogP contribution in [0.3, 0.4) is 0 Å². The van der Waals surface area contributed by atoms with E-state index < -0.39 is 0 Å². The standard InChI is InChI=1S/C17H24N4O2/c1-4-23-16(22)11-20-13(3)17(12(2)19-20)15-9-10-18-21(15)14-7-5-6-8-14/h9-10,14H,4-8,11H2,1-3H3. The van der Waals surface area contributed by atoms with Gasteiger partial charge in [0, 0.05) is 17.5 Å². The van der Waals surface area contributed by atoms with Crippen molar-refractivity contribution in [1.82, 2.24) is 19.6 Å². The highest BCUT2D eigenvalue weighted by molar-refractivity contribution is 5.70. The van der Waals surface area contributed by atoms with Crippen molar-refractivity contribution in [3.63, 3.8) is 0 Å². The fourth-order valence-electron chi connectivity index (χ4n) is 3.50. The molecule has 0 atom stereocenters. The zero-order valence-corrected chi connectivity index (χ0v) is 14.1. The third-order valence-corrected chi connectivity index (χ3v) is 4.56. The molecule has 0 amide bonds. The van der Waals surface area contributed by atoms with Gasteiger partial charge in [0.05, 0.1) is 24.0 Å². The summed E-state index contributed by atoms with van der Waals surface area (Å²) in [5, 5.41) is 9.08. The number of esters is 1. The maximum atomic E-state index is 11.7. The molecule has 0 unspecified atom stereocenters. The first-order valence-corrected chi connectivity index (χ1v) is 8.35. The Morgan fingerprint density at radius 1 is 1.35 bits per heavy atom. The minimum Gasteiger partial charge on any atom is -0.465 e. The smallest absolute Gasteiger partial charge is 0.327 e. The zero-order valence-electron chi connectivity index (χ0n) is 14.1. The van der Waals surface area contributed by atoms with E-state index in [1.807, 2.05) is 33.0 Å². The second kappa shape index (κ2) is 6.56. The first-order chi connectivity index (χ1) is 11.1. The van der Waals surface area contributed by atoms with E-state index in [2.05, 4.69) is 14.9 Å². The van der Waals surface area contributed by atoms with Gasteiger partial charge in [-0.25, -0.2) is 0 Å². The Labute approximate surface area is 136 Å². The van der Waals surface area contributed by atoms with Crippen molar-refractivity contribution in [3.8, 4) is 11.3 Å². The molecule has 0 spiro atoms. The predicted octanol–water partition coefficient (Wildman–Crippen LogP) is 3.04. The predicted molar refractivity (Wildman–Crippen MR) is 87.1 cm³/mol. The van der Waals surface area contributed by atoms with Gasteiger partial charge >= 0.3 is 5.97 Å². The van der Waals surface area contributed by atoms with E-state index in [1.165, 1.54) is 25.7 Å². The van der Waals surface area contributed by atoms with E-state index in [9.17, 15) is 4.79 Å². The molecule has 2 aromatic rings. The summed E-state index contributed by atoms with van der Waals surface area (Å²) in [5.74, 6) is -0.256. The Kier molecular flexibility index (Phi) is 4.50. The van der Waals surface area contributed by atoms with Crippen molar-refractivity contribution in [2.75, 3.05) is 6.61 Å². The van der Waals surface area contributed by atoms with E-state index in [0.717, 1.165) is 22.6 Å². The number of nitrogens with zero attached hydrogens (tertiary/aromatic N) is 4. The number of ether oxygens (including phenoxy) is 1. The van der Waals surface area contributed by atoms with Crippen LogP contribution >= 0.6 is 0 Å².